The van der Waals surface area contributed by atoms with E-state index in [1.54, 1.807) is 0 Å². The van der Waals surface area contributed by atoms with E-state index in [1.165, 1.54) is 24.7 Å². The summed E-state index contributed by atoms with van der Waals surface area (Å²) < 4.78 is 31.9. The van der Waals surface area contributed by atoms with Gasteiger partial charge >= 0.3 is 0 Å². The fraction of sp³-hybridized carbons (Fsp3) is 0.440. The quantitative estimate of drug-likeness (QED) is 0.370. The average molecular weight is 445 g/mol. The number of sulfone groups is 1. The summed E-state index contributed by atoms with van der Waals surface area (Å²) in [6.45, 7) is 10.1. The largest absolute Gasteiger partial charge is 0.507 e. The molecule has 3 rings (SSSR count). The zero-order chi connectivity index (χ0) is 22.8. The molecule has 0 aliphatic heterocycles. The van der Waals surface area contributed by atoms with Crippen molar-refractivity contribution in [1.82, 2.24) is 0 Å². The lowest BCUT2D eigenvalue weighted by atomic mass is 9.73. The second-order valence-electron chi connectivity index (χ2n) is 8.60. The molecule has 1 aromatic heterocycles. The van der Waals surface area contributed by atoms with Crippen molar-refractivity contribution >= 4 is 9.84 Å². The van der Waals surface area contributed by atoms with Gasteiger partial charge < -0.3 is 14.6 Å². The van der Waals surface area contributed by atoms with Gasteiger partial charge in [-0.1, -0.05) is 43.6 Å². The zero-order valence-corrected chi connectivity index (χ0v) is 19.3. The van der Waals surface area contributed by atoms with E-state index in [2.05, 4.69) is 13.5 Å². The summed E-state index contributed by atoms with van der Waals surface area (Å²) in [6.07, 6.45) is 9.34. The molecular formula is C25H32O5S. The molecule has 0 saturated heterocycles. The first-order valence-electron chi connectivity index (χ1n) is 10.9. The third-order valence-electron chi connectivity index (χ3n) is 6.19. The maximum absolute atomic E-state index is 13.5. The van der Waals surface area contributed by atoms with E-state index in [-0.39, 0.29) is 38.7 Å². The second kappa shape index (κ2) is 9.35. The van der Waals surface area contributed by atoms with Gasteiger partial charge in [-0.15, -0.1) is 0 Å². The van der Waals surface area contributed by atoms with Crippen LogP contribution in [0.3, 0.4) is 0 Å². The number of aryl methyl sites for hydroxylation is 1. The highest BCUT2D eigenvalue weighted by Gasteiger charge is 2.35. The minimum atomic E-state index is -4.02. The molecule has 0 bridgehead atoms. The minimum absolute atomic E-state index is 0.0101. The lowest BCUT2D eigenvalue weighted by molar-refractivity contribution is 0.397. The summed E-state index contributed by atoms with van der Waals surface area (Å²) in [5.74, 6) is -0.766. The van der Waals surface area contributed by atoms with Crippen LogP contribution in [-0.2, 0) is 16.3 Å². The van der Waals surface area contributed by atoms with Gasteiger partial charge in [0.1, 0.15) is 27.6 Å². The van der Waals surface area contributed by atoms with Crippen molar-refractivity contribution in [1.29, 1.82) is 0 Å². The first kappa shape index (κ1) is 23.2. The summed E-state index contributed by atoms with van der Waals surface area (Å²) in [6, 6.07) is 2.89. The number of unbranched alkanes of at least 4 members (excludes halogenated alkanes) is 2. The summed E-state index contributed by atoms with van der Waals surface area (Å²) in [5.41, 5.74) is 2.77. The SMILES string of the molecule is C=C(C)C1CCC(C)=CC1c1c(O)cc(CCCCC)c(S(=O)(=O)c2ccoc2)c1O. The Balaban J connectivity index is 2.25. The molecule has 2 unspecified atom stereocenters. The lowest BCUT2D eigenvalue weighted by Gasteiger charge is -2.32. The Morgan fingerprint density at radius 2 is 2.03 bits per heavy atom. The number of benzene rings is 1. The van der Waals surface area contributed by atoms with Crippen molar-refractivity contribution in [2.24, 2.45) is 5.92 Å². The molecule has 2 aromatic rings. The monoisotopic (exact) mass is 444 g/mol. The van der Waals surface area contributed by atoms with Crippen LogP contribution in [-0.4, -0.2) is 18.6 Å². The van der Waals surface area contributed by atoms with E-state index in [0.29, 0.717) is 12.0 Å². The Morgan fingerprint density at radius 3 is 2.65 bits per heavy atom. The summed E-state index contributed by atoms with van der Waals surface area (Å²) in [5, 5.41) is 22.3. The molecule has 0 amide bonds. The number of aromatic hydroxyl groups is 2. The van der Waals surface area contributed by atoms with Crippen LogP contribution < -0.4 is 0 Å². The molecular weight excluding hydrogens is 412 g/mol. The van der Waals surface area contributed by atoms with Crippen LogP contribution in [0.15, 0.2) is 62.7 Å². The van der Waals surface area contributed by atoms with Crippen LogP contribution in [0.2, 0.25) is 0 Å². The average Bonchev–Trinajstić information content (AvgIpc) is 3.23. The predicted octanol–water partition coefficient (Wildman–Crippen LogP) is 6.27. The van der Waals surface area contributed by atoms with Crippen molar-refractivity contribution in [2.45, 2.75) is 75.0 Å². The van der Waals surface area contributed by atoms with Crippen molar-refractivity contribution in [3.8, 4) is 11.5 Å². The van der Waals surface area contributed by atoms with E-state index in [0.717, 1.165) is 43.3 Å². The van der Waals surface area contributed by atoms with Crippen LogP contribution in [0.5, 0.6) is 11.5 Å². The Bertz CT molecular complexity index is 1080. The summed E-state index contributed by atoms with van der Waals surface area (Å²) in [7, 11) is -4.02. The van der Waals surface area contributed by atoms with Crippen LogP contribution in [0.1, 0.15) is 69.9 Å². The number of phenolic OH excluding ortho intramolecular Hbond substituents is 2. The van der Waals surface area contributed by atoms with E-state index >= 15 is 0 Å². The molecule has 2 atom stereocenters. The number of hydrogen-bond acceptors (Lipinski definition) is 5. The van der Waals surface area contributed by atoms with Crippen molar-refractivity contribution < 1.29 is 23.0 Å². The first-order valence-corrected chi connectivity index (χ1v) is 12.3. The molecule has 5 nitrogen and oxygen atoms in total. The van der Waals surface area contributed by atoms with E-state index < -0.39 is 9.84 Å². The molecule has 6 heteroatoms. The molecule has 0 spiro atoms. The van der Waals surface area contributed by atoms with Gasteiger partial charge in [-0.3, -0.25) is 0 Å². The van der Waals surface area contributed by atoms with Crippen LogP contribution in [0.4, 0.5) is 0 Å². The third kappa shape index (κ3) is 4.59. The van der Waals surface area contributed by atoms with Gasteiger partial charge in [-0.25, -0.2) is 8.42 Å². The zero-order valence-electron chi connectivity index (χ0n) is 18.5. The lowest BCUT2D eigenvalue weighted by Crippen LogP contribution is -2.18. The van der Waals surface area contributed by atoms with Gasteiger partial charge in [-0.2, -0.15) is 0 Å². The Labute approximate surface area is 185 Å². The maximum atomic E-state index is 13.5. The number of phenols is 2. The minimum Gasteiger partial charge on any atom is -0.507 e. The Hall–Kier alpha value is -2.47. The third-order valence-corrected chi connectivity index (χ3v) is 8.03. The molecule has 0 saturated carbocycles. The summed E-state index contributed by atoms with van der Waals surface area (Å²) in [4.78, 5) is -0.141. The van der Waals surface area contributed by atoms with Gasteiger partial charge in [-0.05, 0) is 63.1 Å². The van der Waals surface area contributed by atoms with Crippen LogP contribution in [0.25, 0.3) is 0 Å². The molecule has 0 fully saturated rings. The highest BCUT2D eigenvalue weighted by molar-refractivity contribution is 7.91. The molecule has 1 aromatic carbocycles. The molecule has 1 aliphatic carbocycles. The van der Waals surface area contributed by atoms with Gasteiger partial charge in [0, 0.05) is 11.5 Å². The first-order chi connectivity index (χ1) is 14.7. The van der Waals surface area contributed by atoms with Crippen molar-refractivity contribution in [2.75, 3.05) is 0 Å². The smallest absolute Gasteiger partial charge is 0.213 e. The highest BCUT2D eigenvalue weighted by Crippen LogP contribution is 2.49. The number of hydrogen-bond donors (Lipinski definition) is 2. The van der Waals surface area contributed by atoms with Crippen LogP contribution in [0, 0.1) is 5.92 Å². The van der Waals surface area contributed by atoms with Crippen molar-refractivity contribution in [3.63, 3.8) is 0 Å². The maximum Gasteiger partial charge on any atom is 0.213 e. The van der Waals surface area contributed by atoms with Gasteiger partial charge in [0.15, 0.2) is 0 Å². The van der Waals surface area contributed by atoms with Gasteiger partial charge in [0.05, 0.1) is 6.26 Å². The molecule has 2 N–H and O–H groups in total. The Kier molecular flexibility index (Phi) is 6.99. The molecule has 168 valence electrons. The molecule has 0 radical (unpaired) electrons. The predicted molar refractivity (Wildman–Crippen MR) is 121 cm³/mol. The normalized spacial score (nSPS) is 19.3. The molecule has 31 heavy (non-hydrogen) atoms. The van der Waals surface area contributed by atoms with Crippen LogP contribution >= 0.6 is 0 Å². The standard InChI is InChI=1S/C25H32O5S/c1-5-6-7-8-18-14-22(26)23(21-13-17(4)9-10-20(21)16(2)3)24(27)25(18)31(28,29)19-11-12-30-15-19/h11-15,20-21,26-27H,2,5-10H2,1,3-4H3. The van der Waals surface area contributed by atoms with E-state index in [4.69, 9.17) is 4.42 Å². The van der Waals surface area contributed by atoms with Gasteiger partial charge in [0.2, 0.25) is 9.84 Å². The second-order valence-corrected chi connectivity index (χ2v) is 10.5. The number of rotatable bonds is 8. The highest BCUT2D eigenvalue weighted by atomic mass is 32.2. The van der Waals surface area contributed by atoms with Crippen molar-refractivity contribution in [3.05, 3.63) is 59.6 Å². The van der Waals surface area contributed by atoms with E-state index in [9.17, 15) is 18.6 Å². The van der Waals surface area contributed by atoms with Gasteiger partial charge in [0.25, 0.3) is 0 Å². The fourth-order valence-electron chi connectivity index (χ4n) is 4.51. The molecule has 1 aliphatic rings. The summed E-state index contributed by atoms with van der Waals surface area (Å²) >= 11 is 0. The molecule has 1 heterocycles. The Morgan fingerprint density at radius 1 is 1.29 bits per heavy atom. The van der Waals surface area contributed by atoms with E-state index in [1.807, 2.05) is 19.9 Å². The number of furan rings is 1. The number of allylic oxidation sites excluding steroid dienone is 3. The topological polar surface area (TPSA) is 87.7 Å². The fourth-order valence-corrected chi connectivity index (χ4v) is 6.04.